The summed E-state index contributed by atoms with van der Waals surface area (Å²) in [6.07, 6.45) is -4.39. The van der Waals surface area contributed by atoms with E-state index in [-0.39, 0.29) is 12.5 Å². The monoisotopic (exact) mass is 351 g/mol. The minimum Gasteiger partial charge on any atom is -0.329 e. The van der Waals surface area contributed by atoms with Gasteiger partial charge in [-0.1, -0.05) is 30.3 Å². The molecule has 2 aromatic rings. The van der Waals surface area contributed by atoms with Gasteiger partial charge in [0.25, 0.3) is 0 Å². The van der Waals surface area contributed by atoms with Gasteiger partial charge in [0.2, 0.25) is 5.91 Å². The third kappa shape index (κ3) is 6.21. The van der Waals surface area contributed by atoms with Crippen LogP contribution in [0, 0.1) is 0 Å². The predicted molar refractivity (Wildman–Crippen MR) is 90.8 cm³/mol. The molecule has 2 aromatic carbocycles. The lowest BCUT2D eigenvalue weighted by Crippen LogP contribution is -2.36. The fourth-order valence-corrected chi connectivity index (χ4v) is 2.38. The number of anilines is 1. The van der Waals surface area contributed by atoms with Gasteiger partial charge >= 0.3 is 6.18 Å². The molecule has 0 unspecified atom stereocenters. The number of hydrogen-bond acceptors (Lipinski definition) is 3. The molecule has 0 radical (unpaired) electrons. The van der Waals surface area contributed by atoms with Gasteiger partial charge in [-0.25, -0.2) is 0 Å². The Morgan fingerprint density at radius 1 is 1.04 bits per heavy atom. The molecule has 0 aliphatic rings. The zero-order valence-corrected chi connectivity index (χ0v) is 13.6. The maximum atomic E-state index is 12.5. The van der Waals surface area contributed by atoms with Crippen molar-refractivity contribution in [2.75, 3.05) is 25.0 Å². The van der Waals surface area contributed by atoms with Gasteiger partial charge in [0.1, 0.15) is 0 Å². The summed E-state index contributed by atoms with van der Waals surface area (Å²) < 4.78 is 37.6. The largest absolute Gasteiger partial charge is 0.416 e. The number of halogens is 3. The Balaban J connectivity index is 1.94. The molecule has 2 rings (SSSR count). The smallest absolute Gasteiger partial charge is 0.329 e. The van der Waals surface area contributed by atoms with E-state index in [2.05, 4.69) is 5.32 Å². The van der Waals surface area contributed by atoms with Crippen LogP contribution in [0.15, 0.2) is 54.6 Å². The molecule has 0 bridgehead atoms. The SMILES string of the molecule is NCCN(CC(=O)Nc1ccc(C(F)(F)F)cc1)Cc1ccccc1. The fraction of sp³-hybridized carbons (Fsp3) is 0.278. The van der Waals surface area contributed by atoms with Crippen molar-refractivity contribution >= 4 is 11.6 Å². The second kappa shape index (κ2) is 8.64. The molecule has 4 nitrogen and oxygen atoms in total. The maximum Gasteiger partial charge on any atom is 0.416 e. The molecule has 1 amide bonds. The van der Waals surface area contributed by atoms with Crippen molar-refractivity contribution in [2.45, 2.75) is 12.7 Å². The van der Waals surface area contributed by atoms with Crippen LogP contribution in [0.2, 0.25) is 0 Å². The number of alkyl halides is 3. The predicted octanol–water partition coefficient (Wildman–Crippen LogP) is 3.10. The first-order valence-corrected chi connectivity index (χ1v) is 7.82. The van der Waals surface area contributed by atoms with E-state index >= 15 is 0 Å². The Morgan fingerprint density at radius 2 is 1.68 bits per heavy atom. The van der Waals surface area contributed by atoms with Crippen LogP contribution < -0.4 is 11.1 Å². The Labute approximate surface area is 144 Å². The van der Waals surface area contributed by atoms with E-state index in [0.717, 1.165) is 17.7 Å². The first-order chi connectivity index (χ1) is 11.9. The van der Waals surface area contributed by atoms with E-state index < -0.39 is 11.7 Å². The average Bonchev–Trinajstić information content (AvgIpc) is 2.55. The lowest BCUT2D eigenvalue weighted by atomic mass is 10.2. The standard InChI is InChI=1S/C18H20F3N3O/c19-18(20,21)15-6-8-16(9-7-15)23-17(25)13-24(11-10-22)12-14-4-2-1-3-5-14/h1-9H,10-13,22H2,(H,23,25). The van der Waals surface area contributed by atoms with Crippen molar-refractivity contribution in [3.63, 3.8) is 0 Å². The quantitative estimate of drug-likeness (QED) is 0.806. The third-order valence-corrected chi connectivity index (χ3v) is 3.56. The summed E-state index contributed by atoms with van der Waals surface area (Å²) in [5, 5.41) is 2.61. The lowest BCUT2D eigenvalue weighted by molar-refractivity contribution is -0.137. The number of nitrogens with zero attached hydrogens (tertiary/aromatic N) is 1. The highest BCUT2D eigenvalue weighted by molar-refractivity contribution is 5.92. The van der Waals surface area contributed by atoms with E-state index in [1.165, 1.54) is 12.1 Å². The zero-order valence-electron chi connectivity index (χ0n) is 13.6. The first kappa shape index (κ1) is 19.0. The highest BCUT2D eigenvalue weighted by atomic mass is 19.4. The highest BCUT2D eigenvalue weighted by Gasteiger charge is 2.30. The summed E-state index contributed by atoms with van der Waals surface area (Å²) in [4.78, 5) is 14.0. The maximum absolute atomic E-state index is 12.5. The van der Waals surface area contributed by atoms with Crippen LogP contribution in [0.4, 0.5) is 18.9 Å². The van der Waals surface area contributed by atoms with Crippen molar-refractivity contribution in [3.8, 4) is 0 Å². The highest BCUT2D eigenvalue weighted by Crippen LogP contribution is 2.29. The van der Waals surface area contributed by atoms with E-state index in [0.29, 0.717) is 25.3 Å². The molecular formula is C18H20F3N3O. The van der Waals surface area contributed by atoms with Crippen LogP contribution in [0.3, 0.4) is 0 Å². The Hall–Kier alpha value is -2.38. The molecule has 0 saturated heterocycles. The van der Waals surface area contributed by atoms with Gasteiger partial charge in [0.05, 0.1) is 12.1 Å². The van der Waals surface area contributed by atoms with E-state index in [1.807, 2.05) is 35.2 Å². The molecule has 0 heterocycles. The van der Waals surface area contributed by atoms with Gasteiger partial charge < -0.3 is 11.1 Å². The van der Waals surface area contributed by atoms with Gasteiger partial charge in [0.15, 0.2) is 0 Å². The second-order valence-electron chi connectivity index (χ2n) is 5.61. The van der Waals surface area contributed by atoms with Gasteiger partial charge in [-0.2, -0.15) is 13.2 Å². The minimum absolute atomic E-state index is 0.104. The molecular weight excluding hydrogens is 331 g/mol. The second-order valence-corrected chi connectivity index (χ2v) is 5.61. The molecule has 3 N–H and O–H groups in total. The molecule has 0 atom stereocenters. The topological polar surface area (TPSA) is 58.4 Å². The minimum atomic E-state index is -4.39. The molecule has 134 valence electrons. The number of carbonyl (C=O) groups excluding carboxylic acids is 1. The summed E-state index contributed by atoms with van der Waals surface area (Å²) in [6, 6.07) is 14.0. The number of nitrogens with one attached hydrogen (secondary N) is 1. The van der Waals surface area contributed by atoms with Crippen LogP contribution in [-0.4, -0.2) is 30.4 Å². The number of carbonyl (C=O) groups is 1. The normalized spacial score (nSPS) is 11.6. The summed E-state index contributed by atoms with van der Waals surface area (Å²) in [6.45, 7) is 1.61. The van der Waals surface area contributed by atoms with E-state index in [1.54, 1.807) is 0 Å². The van der Waals surface area contributed by atoms with Crippen molar-refractivity contribution in [2.24, 2.45) is 5.73 Å². The molecule has 25 heavy (non-hydrogen) atoms. The molecule has 0 aliphatic heterocycles. The molecule has 0 aliphatic carbocycles. The third-order valence-electron chi connectivity index (χ3n) is 3.56. The fourth-order valence-electron chi connectivity index (χ4n) is 2.38. The zero-order chi connectivity index (χ0) is 18.3. The van der Waals surface area contributed by atoms with Crippen LogP contribution in [0.25, 0.3) is 0 Å². The van der Waals surface area contributed by atoms with Crippen molar-refractivity contribution in [1.29, 1.82) is 0 Å². The lowest BCUT2D eigenvalue weighted by Gasteiger charge is -2.21. The van der Waals surface area contributed by atoms with Gasteiger partial charge in [0, 0.05) is 25.3 Å². The number of nitrogens with two attached hydrogens (primary N) is 1. The van der Waals surface area contributed by atoms with Crippen LogP contribution in [0.1, 0.15) is 11.1 Å². The molecule has 7 heteroatoms. The summed E-state index contributed by atoms with van der Waals surface area (Å²) in [5.41, 5.74) is 6.22. The summed E-state index contributed by atoms with van der Waals surface area (Å²) >= 11 is 0. The summed E-state index contributed by atoms with van der Waals surface area (Å²) in [5.74, 6) is -0.302. The van der Waals surface area contributed by atoms with Crippen molar-refractivity contribution < 1.29 is 18.0 Å². The van der Waals surface area contributed by atoms with Crippen LogP contribution in [0.5, 0.6) is 0 Å². The van der Waals surface area contributed by atoms with Crippen LogP contribution in [-0.2, 0) is 17.5 Å². The van der Waals surface area contributed by atoms with Crippen molar-refractivity contribution in [1.82, 2.24) is 4.90 Å². The first-order valence-electron chi connectivity index (χ1n) is 7.82. The summed E-state index contributed by atoms with van der Waals surface area (Å²) in [7, 11) is 0. The number of rotatable bonds is 7. The van der Waals surface area contributed by atoms with Gasteiger partial charge in [-0.3, -0.25) is 9.69 Å². The Bertz CT molecular complexity index is 672. The molecule has 0 fully saturated rings. The van der Waals surface area contributed by atoms with Gasteiger partial charge in [-0.15, -0.1) is 0 Å². The molecule has 0 saturated carbocycles. The molecule has 0 aromatic heterocycles. The van der Waals surface area contributed by atoms with Crippen LogP contribution >= 0.6 is 0 Å². The number of hydrogen-bond donors (Lipinski definition) is 2. The number of benzene rings is 2. The van der Waals surface area contributed by atoms with Gasteiger partial charge in [-0.05, 0) is 29.8 Å². The average molecular weight is 351 g/mol. The van der Waals surface area contributed by atoms with E-state index in [9.17, 15) is 18.0 Å². The Morgan fingerprint density at radius 3 is 2.24 bits per heavy atom. The number of amides is 1. The van der Waals surface area contributed by atoms with Crippen molar-refractivity contribution in [3.05, 3.63) is 65.7 Å². The Kier molecular flexibility index (Phi) is 6.55. The van der Waals surface area contributed by atoms with E-state index in [4.69, 9.17) is 5.73 Å². The molecule has 0 spiro atoms.